The van der Waals surface area contributed by atoms with Crippen molar-refractivity contribution in [3.63, 3.8) is 0 Å². The van der Waals surface area contributed by atoms with Gasteiger partial charge >= 0.3 is 0 Å². The minimum absolute atomic E-state index is 0.666. The van der Waals surface area contributed by atoms with Gasteiger partial charge in [0, 0.05) is 36.9 Å². The largest absolute Gasteiger partial charge is 0.373 e. The fourth-order valence-corrected chi connectivity index (χ4v) is 3.19. The van der Waals surface area contributed by atoms with Gasteiger partial charge in [-0.25, -0.2) is 0 Å². The minimum atomic E-state index is 0.666. The van der Waals surface area contributed by atoms with Crippen molar-refractivity contribution in [2.75, 3.05) is 38.6 Å². The molecule has 1 atom stereocenters. The summed E-state index contributed by atoms with van der Waals surface area (Å²) in [4.78, 5) is 4.78. The van der Waals surface area contributed by atoms with E-state index in [1.54, 1.807) is 0 Å². The minimum Gasteiger partial charge on any atom is -0.373 e. The highest BCUT2D eigenvalue weighted by Crippen LogP contribution is 2.25. The number of benzene rings is 1. The van der Waals surface area contributed by atoms with E-state index in [4.69, 9.17) is 11.6 Å². The summed E-state index contributed by atoms with van der Waals surface area (Å²) < 4.78 is 0. The summed E-state index contributed by atoms with van der Waals surface area (Å²) >= 11 is 6.42. The first-order valence-corrected chi connectivity index (χ1v) is 8.40. The molecule has 1 aromatic rings. The Kier molecular flexibility index (Phi) is 6.34. The number of nitrogens with zero attached hydrogens (tertiary/aromatic N) is 2. The SMILES string of the molecule is CCCNCc1ccc(N(C)CC2CCCN2C)cc1Cl. The summed E-state index contributed by atoms with van der Waals surface area (Å²) in [6.07, 6.45) is 3.76. The molecule has 1 aliphatic heterocycles. The molecule has 1 aliphatic rings. The summed E-state index contributed by atoms with van der Waals surface area (Å²) in [5.41, 5.74) is 2.39. The van der Waals surface area contributed by atoms with Crippen molar-refractivity contribution in [2.45, 2.75) is 38.8 Å². The quantitative estimate of drug-likeness (QED) is 0.779. The molecule has 3 nitrogen and oxygen atoms in total. The predicted molar refractivity (Wildman–Crippen MR) is 92.4 cm³/mol. The zero-order valence-electron chi connectivity index (χ0n) is 13.5. The summed E-state index contributed by atoms with van der Waals surface area (Å²) in [6, 6.07) is 7.10. The van der Waals surface area contributed by atoms with Crippen LogP contribution in [0.3, 0.4) is 0 Å². The first kappa shape index (κ1) is 16.6. The molecule has 1 N–H and O–H groups in total. The van der Waals surface area contributed by atoms with E-state index in [0.717, 1.165) is 31.1 Å². The lowest BCUT2D eigenvalue weighted by molar-refractivity contribution is 0.314. The first-order valence-electron chi connectivity index (χ1n) is 8.02. The van der Waals surface area contributed by atoms with Crippen LogP contribution in [0.1, 0.15) is 31.7 Å². The molecular formula is C17H28ClN3. The van der Waals surface area contributed by atoms with Crippen LogP contribution in [0.5, 0.6) is 0 Å². The van der Waals surface area contributed by atoms with Gasteiger partial charge in [-0.2, -0.15) is 0 Å². The van der Waals surface area contributed by atoms with Crippen molar-refractivity contribution >= 4 is 17.3 Å². The summed E-state index contributed by atoms with van der Waals surface area (Å²) in [6.45, 7) is 6.35. The number of likely N-dealkylation sites (N-methyl/N-ethyl adjacent to an activating group) is 2. The summed E-state index contributed by atoms with van der Waals surface area (Å²) in [7, 11) is 4.38. The molecule has 21 heavy (non-hydrogen) atoms. The van der Waals surface area contributed by atoms with Gasteiger partial charge in [-0.3, -0.25) is 0 Å². The Morgan fingerprint density at radius 1 is 1.43 bits per heavy atom. The Bertz CT molecular complexity index is 450. The number of likely N-dealkylation sites (tertiary alicyclic amines) is 1. The van der Waals surface area contributed by atoms with Gasteiger partial charge in [0.25, 0.3) is 0 Å². The third kappa shape index (κ3) is 4.60. The van der Waals surface area contributed by atoms with Gasteiger partial charge in [0.05, 0.1) is 0 Å². The Morgan fingerprint density at radius 2 is 2.24 bits per heavy atom. The van der Waals surface area contributed by atoms with E-state index >= 15 is 0 Å². The van der Waals surface area contributed by atoms with Crippen LogP contribution >= 0.6 is 11.6 Å². The van der Waals surface area contributed by atoms with Gasteiger partial charge < -0.3 is 15.1 Å². The van der Waals surface area contributed by atoms with Gasteiger partial charge in [0.1, 0.15) is 0 Å². The van der Waals surface area contributed by atoms with Crippen molar-refractivity contribution in [2.24, 2.45) is 0 Å². The number of nitrogens with one attached hydrogen (secondary N) is 1. The van der Waals surface area contributed by atoms with E-state index in [9.17, 15) is 0 Å². The van der Waals surface area contributed by atoms with Gasteiger partial charge in [0.15, 0.2) is 0 Å². The van der Waals surface area contributed by atoms with Crippen molar-refractivity contribution in [3.8, 4) is 0 Å². The van der Waals surface area contributed by atoms with Gasteiger partial charge in [-0.15, -0.1) is 0 Å². The topological polar surface area (TPSA) is 18.5 Å². The van der Waals surface area contributed by atoms with Crippen LogP contribution in [-0.2, 0) is 6.54 Å². The van der Waals surface area contributed by atoms with Crippen LogP contribution in [0.15, 0.2) is 18.2 Å². The maximum atomic E-state index is 6.42. The molecule has 0 saturated carbocycles. The second-order valence-corrected chi connectivity index (χ2v) is 6.52. The van der Waals surface area contributed by atoms with Crippen molar-refractivity contribution in [3.05, 3.63) is 28.8 Å². The lowest BCUT2D eigenvalue weighted by Crippen LogP contribution is -2.36. The Balaban J connectivity index is 1.95. The number of rotatable bonds is 7. The molecule has 1 fully saturated rings. The molecule has 1 heterocycles. The lowest BCUT2D eigenvalue weighted by atomic mass is 10.1. The van der Waals surface area contributed by atoms with E-state index in [-0.39, 0.29) is 0 Å². The predicted octanol–water partition coefficient (Wildman–Crippen LogP) is 3.37. The molecule has 0 radical (unpaired) electrons. The molecule has 1 aromatic carbocycles. The monoisotopic (exact) mass is 309 g/mol. The van der Waals surface area contributed by atoms with E-state index in [2.05, 4.69) is 54.3 Å². The molecule has 1 unspecified atom stereocenters. The first-order chi connectivity index (χ1) is 10.1. The highest BCUT2D eigenvalue weighted by atomic mass is 35.5. The zero-order valence-corrected chi connectivity index (χ0v) is 14.3. The smallest absolute Gasteiger partial charge is 0.0471 e. The fraction of sp³-hybridized carbons (Fsp3) is 0.647. The highest BCUT2D eigenvalue weighted by molar-refractivity contribution is 6.31. The van der Waals surface area contributed by atoms with E-state index < -0.39 is 0 Å². The number of hydrogen-bond acceptors (Lipinski definition) is 3. The average molecular weight is 310 g/mol. The Hall–Kier alpha value is -0.770. The third-order valence-corrected chi connectivity index (χ3v) is 4.73. The summed E-state index contributed by atoms with van der Waals surface area (Å²) in [5, 5.41) is 4.26. The number of hydrogen-bond donors (Lipinski definition) is 1. The normalized spacial score (nSPS) is 19.1. The molecule has 1 saturated heterocycles. The van der Waals surface area contributed by atoms with Crippen molar-refractivity contribution < 1.29 is 0 Å². The van der Waals surface area contributed by atoms with Gasteiger partial charge in [0.2, 0.25) is 0 Å². The van der Waals surface area contributed by atoms with Gasteiger partial charge in [-0.05, 0) is 57.1 Å². The molecule has 0 bridgehead atoms. The molecule has 0 amide bonds. The fourth-order valence-electron chi connectivity index (χ4n) is 2.95. The maximum absolute atomic E-state index is 6.42. The average Bonchev–Trinajstić information content (AvgIpc) is 2.86. The van der Waals surface area contributed by atoms with Crippen LogP contribution in [0.25, 0.3) is 0 Å². The highest BCUT2D eigenvalue weighted by Gasteiger charge is 2.22. The Morgan fingerprint density at radius 3 is 2.86 bits per heavy atom. The number of halogens is 1. The molecule has 4 heteroatoms. The lowest BCUT2D eigenvalue weighted by Gasteiger charge is -2.27. The maximum Gasteiger partial charge on any atom is 0.0471 e. The second kappa shape index (κ2) is 8.02. The van der Waals surface area contributed by atoms with Crippen molar-refractivity contribution in [1.29, 1.82) is 0 Å². The summed E-state index contributed by atoms with van der Waals surface area (Å²) in [5.74, 6) is 0. The van der Waals surface area contributed by atoms with Crippen LogP contribution in [0.2, 0.25) is 5.02 Å². The van der Waals surface area contributed by atoms with Crippen LogP contribution < -0.4 is 10.2 Å². The number of anilines is 1. The van der Waals surface area contributed by atoms with E-state index in [1.807, 2.05) is 0 Å². The molecule has 118 valence electrons. The molecular weight excluding hydrogens is 282 g/mol. The second-order valence-electron chi connectivity index (χ2n) is 6.11. The van der Waals surface area contributed by atoms with Crippen LogP contribution in [0, 0.1) is 0 Å². The van der Waals surface area contributed by atoms with Crippen LogP contribution in [-0.4, -0.2) is 44.7 Å². The zero-order chi connectivity index (χ0) is 15.2. The van der Waals surface area contributed by atoms with E-state index in [1.165, 1.54) is 30.6 Å². The molecule has 0 aromatic heterocycles. The van der Waals surface area contributed by atoms with Gasteiger partial charge in [-0.1, -0.05) is 24.6 Å². The van der Waals surface area contributed by atoms with Crippen LogP contribution in [0.4, 0.5) is 5.69 Å². The molecule has 0 spiro atoms. The Labute approximate surface area is 134 Å². The molecule has 0 aliphatic carbocycles. The van der Waals surface area contributed by atoms with E-state index in [0.29, 0.717) is 6.04 Å². The third-order valence-electron chi connectivity index (χ3n) is 4.38. The molecule has 2 rings (SSSR count). The standard InChI is InChI=1S/C17H28ClN3/c1-4-9-19-12-14-7-8-15(11-17(14)18)21(3)13-16-6-5-10-20(16)2/h7-8,11,16,19H,4-6,9-10,12-13H2,1-3H3. The van der Waals surface area contributed by atoms with Crippen molar-refractivity contribution in [1.82, 2.24) is 10.2 Å².